The fourth-order valence-corrected chi connectivity index (χ4v) is 5.87. The van der Waals surface area contributed by atoms with Gasteiger partial charge in [-0.05, 0) is 67.1 Å². The van der Waals surface area contributed by atoms with E-state index in [9.17, 15) is 9.59 Å². The third-order valence-electron chi connectivity index (χ3n) is 8.13. The topological polar surface area (TPSA) is 112 Å². The normalized spacial score (nSPS) is 16.3. The van der Waals surface area contributed by atoms with Crippen LogP contribution in [0.2, 0.25) is 0 Å². The molecule has 1 amide bonds. The van der Waals surface area contributed by atoms with Crippen LogP contribution in [-0.4, -0.2) is 48.1 Å². The molecule has 5 rings (SSSR count). The Morgan fingerprint density at radius 2 is 1.75 bits per heavy atom. The SMILES string of the molecule is Cc1cc(C)c(CNC(=O)c2cc(-c3ccc(CN4CCOCC4)cc3)cc(NC3CCCC3)c2CN)c(=O)[nH]1. The average Bonchev–Trinajstić information content (AvgIpc) is 3.46. The number of pyridine rings is 1. The second-order valence-corrected chi connectivity index (χ2v) is 11.1. The lowest BCUT2D eigenvalue weighted by molar-refractivity contribution is 0.0342. The van der Waals surface area contributed by atoms with E-state index in [0.29, 0.717) is 17.2 Å². The van der Waals surface area contributed by atoms with E-state index in [1.165, 1.54) is 18.4 Å². The van der Waals surface area contributed by atoms with Crippen molar-refractivity contribution in [3.05, 3.63) is 86.3 Å². The summed E-state index contributed by atoms with van der Waals surface area (Å²) in [7, 11) is 0. The largest absolute Gasteiger partial charge is 0.382 e. The highest BCUT2D eigenvalue weighted by Gasteiger charge is 2.21. The highest BCUT2D eigenvalue weighted by Crippen LogP contribution is 2.32. The van der Waals surface area contributed by atoms with Gasteiger partial charge in [-0.15, -0.1) is 0 Å². The zero-order valence-corrected chi connectivity index (χ0v) is 23.6. The van der Waals surface area contributed by atoms with E-state index in [4.69, 9.17) is 10.5 Å². The van der Waals surface area contributed by atoms with E-state index in [0.717, 1.165) is 79.3 Å². The van der Waals surface area contributed by atoms with Gasteiger partial charge in [0.1, 0.15) is 0 Å². The number of anilines is 1. The minimum Gasteiger partial charge on any atom is -0.382 e. The van der Waals surface area contributed by atoms with E-state index in [1.54, 1.807) is 0 Å². The number of H-pyrrole nitrogens is 1. The van der Waals surface area contributed by atoms with Crippen molar-refractivity contribution in [1.82, 2.24) is 15.2 Å². The number of aromatic amines is 1. The fraction of sp³-hybridized carbons (Fsp3) is 0.438. The lowest BCUT2D eigenvalue weighted by atomic mass is 9.95. The zero-order valence-electron chi connectivity index (χ0n) is 23.6. The van der Waals surface area contributed by atoms with Crippen molar-refractivity contribution in [3.63, 3.8) is 0 Å². The fourth-order valence-electron chi connectivity index (χ4n) is 5.87. The van der Waals surface area contributed by atoms with E-state index in [2.05, 4.69) is 50.8 Å². The molecule has 5 N–H and O–H groups in total. The second-order valence-electron chi connectivity index (χ2n) is 11.1. The van der Waals surface area contributed by atoms with Gasteiger partial charge in [0.05, 0.1) is 13.2 Å². The van der Waals surface area contributed by atoms with Crippen molar-refractivity contribution < 1.29 is 9.53 Å². The number of hydrogen-bond acceptors (Lipinski definition) is 6. The molecule has 1 aromatic heterocycles. The Balaban J connectivity index is 1.43. The van der Waals surface area contributed by atoms with E-state index in [-0.39, 0.29) is 24.6 Å². The number of benzene rings is 2. The summed E-state index contributed by atoms with van der Waals surface area (Å²) in [6, 6.07) is 14.9. The number of nitrogens with zero attached hydrogens (tertiary/aromatic N) is 1. The van der Waals surface area contributed by atoms with Crippen LogP contribution >= 0.6 is 0 Å². The summed E-state index contributed by atoms with van der Waals surface area (Å²) in [6.07, 6.45) is 4.64. The smallest absolute Gasteiger partial charge is 0.253 e. The number of carbonyl (C=O) groups excluding carboxylic acids is 1. The van der Waals surface area contributed by atoms with Crippen LogP contribution in [0.4, 0.5) is 5.69 Å². The standard InChI is InChI=1S/C32H41N5O3/c1-21-15-22(2)35-32(39)29(21)19-34-31(38)27-16-25(17-30(28(27)18-33)36-26-5-3-4-6-26)24-9-7-23(8-10-24)20-37-11-13-40-14-12-37/h7-10,15-17,26,36H,3-6,11-14,18-20,33H2,1-2H3,(H,34,38)(H,35,39). The summed E-state index contributed by atoms with van der Waals surface area (Å²) < 4.78 is 5.47. The molecule has 1 aliphatic heterocycles. The molecular formula is C32H41N5O3. The number of nitrogens with one attached hydrogen (secondary N) is 3. The first kappa shape index (κ1) is 28.1. The maximum absolute atomic E-state index is 13.6. The third-order valence-corrected chi connectivity index (χ3v) is 8.13. The Kier molecular flexibility index (Phi) is 8.99. The molecule has 3 aromatic rings. The highest BCUT2D eigenvalue weighted by atomic mass is 16.5. The molecule has 1 saturated heterocycles. The lowest BCUT2D eigenvalue weighted by Crippen LogP contribution is -2.35. The summed E-state index contributed by atoms with van der Waals surface area (Å²) in [5, 5.41) is 6.68. The lowest BCUT2D eigenvalue weighted by Gasteiger charge is -2.26. The molecule has 8 nitrogen and oxygen atoms in total. The first-order valence-electron chi connectivity index (χ1n) is 14.4. The molecule has 2 heterocycles. The van der Waals surface area contributed by atoms with Crippen LogP contribution in [0.25, 0.3) is 11.1 Å². The molecular weight excluding hydrogens is 502 g/mol. The Labute approximate surface area is 236 Å². The number of carbonyl (C=O) groups is 1. The van der Waals surface area contributed by atoms with E-state index < -0.39 is 0 Å². The minimum absolute atomic E-state index is 0.149. The third kappa shape index (κ3) is 6.63. The maximum Gasteiger partial charge on any atom is 0.253 e. The average molecular weight is 544 g/mol. The summed E-state index contributed by atoms with van der Waals surface area (Å²) in [4.78, 5) is 31.4. The van der Waals surface area contributed by atoms with Crippen molar-refractivity contribution in [1.29, 1.82) is 0 Å². The number of aryl methyl sites for hydroxylation is 2. The van der Waals surface area contributed by atoms with E-state index in [1.807, 2.05) is 26.0 Å². The second kappa shape index (κ2) is 12.8. The summed E-state index contributed by atoms with van der Waals surface area (Å²) in [5.74, 6) is -0.236. The Hall–Kier alpha value is -3.46. The Morgan fingerprint density at radius 3 is 2.42 bits per heavy atom. The van der Waals surface area contributed by atoms with Gasteiger partial charge in [0.15, 0.2) is 0 Å². The van der Waals surface area contributed by atoms with Gasteiger partial charge in [0.25, 0.3) is 11.5 Å². The van der Waals surface area contributed by atoms with Crippen LogP contribution in [0.3, 0.4) is 0 Å². The van der Waals surface area contributed by atoms with Crippen LogP contribution in [0, 0.1) is 13.8 Å². The van der Waals surface area contributed by atoms with Gasteiger partial charge >= 0.3 is 0 Å². The molecule has 1 saturated carbocycles. The number of amides is 1. The number of ether oxygens (including phenoxy) is 1. The number of morpholine rings is 1. The van der Waals surface area contributed by atoms with Crippen LogP contribution in [-0.2, 0) is 24.4 Å². The van der Waals surface area contributed by atoms with Gasteiger partial charge in [-0.1, -0.05) is 37.1 Å². The number of nitrogens with two attached hydrogens (primary N) is 1. The summed E-state index contributed by atoms with van der Waals surface area (Å²) in [5.41, 5.74) is 13.8. The molecule has 1 aliphatic carbocycles. The van der Waals surface area contributed by atoms with Crippen LogP contribution < -0.4 is 21.9 Å². The van der Waals surface area contributed by atoms with Gasteiger partial charge in [-0.2, -0.15) is 0 Å². The Morgan fingerprint density at radius 1 is 1.02 bits per heavy atom. The first-order valence-corrected chi connectivity index (χ1v) is 14.4. The van der Waals surface area contributed by atoms with Crippen LogP contribution in [0.1, 0.15) is 64.0 Å². The van der Waals surface area contributed by atoms with Crippen molar-refractivity contribution >= 4 is 11.6 Å². The number of aromatic nitrogens is 1. The molecule has 40 heavy (non-hydrogen) atoms. The first-order chi connectivity index (χ1) is 19.4. The zero-order chi connectivity index (χ0) is 28.1. The molecule has 0 radical (unpaired) electrons. The number of rotatable bonds is 9. The molecule has 212 valence electrons. The van der Waals surface area contributed by atoms with Gasteiger partial charge in [0.2, 0.25) is 0 Å². The Bertz CT molecular complexity index is 1390. The predicted octanol–water partition coefficient (Wildman–Crippen LogP) is 4.23. The van der Waals surface area contributed by atoms with Gasteiger partial charge in [-0.25, -0.2) is 0 Å². The number of hydrogen-bond donors (Lipinski definition) is 4. The van der Waals surface area contributed by atoms with Crippen LogP contribution in [0.15, 0.2) is 47.3 Å². The maximum atomic E-state index is 13.6. The van der Waals surface area contributed by atoms with Gasteiger partial charge in [0, 0.05) is 66.8 Å². The predicted molar refractivity (Wildman–Crippen MR) is 159 cm³/mol. The quantitative estimate of drug-likeness (QED) is 0.321. The molecule has 0 bridgehead atoms. The van der Waals surface area contributed by atoms with Crippen molar-refractivity contribution in [2.75, 3.05) is 31.6 Å². The van der Waals surface area contributed by atoms with Gasteiger partial charge < -0.3 is 26.1 Å². The van der Waals surface area contributed by atoms with Crippen molar-refractivity contribution in [2.24, 2.45) is 5.73 Å². The molecule has 0 atom stereocenters. The van der Waals surface area contributed by atoms with Gasteiger partial charge in [-0.3, -0.25) is 14.5 Å². The van der Waals surface area contributed by atoms with E-state index >= 15 is 0 Å². The molecule has 0 spiro atoms. The molecule has 2 fully saturated rings. The highest BCUT2D eigenvalue weighted by molar-refractivity contribution is 5.99. The molecule has 2 aromatic carbocycles. The molecule has 8 heteroatoms. The monoisotopic (exact) mass is 543 g/mol. The summed E-state index contributed by atoms with van der Waals surface area (Å²) >= 11 is 0. The molecule has 0 unspecified atom stereocenters. The summed E-state index contributed by atoms with van der Waals surface area (Å²) in [6.45, 7) is 8.49. The molecule has 2 aliphatic rings. The van der Waals surface area contributed by atoms with Crippen molar-refractivity contribution in [2.45, 2.75) is 65.2 Å². The minimum atomic E-state index is -0.236. The van der Waals surface area contributed by atoms with Crippen LogP contribution in [0.5, 0.6) is 0 Å². The van der Waals surface area contributed by atoms with Crippen molar-refractivity contribution in [3.8, 4) is 11.1 Å².